The van der Waals surface area contributed by atoms with Crippen LogP contribution in [0.4, 0.5) is 5.82 Å². The Morgan fingerprint density at radius 1 is 1.14 bits per heavy atom. The third-order valence-electron chi connectivity index (χ3n) is 4.24. The van der Waals surface area contributed by atoms with Crippen LogP contribution in [0.1, 0.15) is 26.0 Å². The van der Waals surface area contributed by atoms with Gasteiger partial charge in [-0.25, -0.2) is 14.6 Å². The van der Waals surface area contributed by atoms with Crippen LogP contribution >= 0.6 is 0 Å². The van der Waals surface area contributed by atoms with Gasteiger partial charge in [0.25, 0.3) is 0 Å². The van der Waals surface area contributed by atoms with Gasteiger partial charge in [0.1, 0.15) is 12.1 Å². The minimum Gasteiger partial charge on any atom is -0.311 e. The van der Waals surface area contributed by atoms with Crippen LogP contribution in [0.3, 0.4) is 0 Å². The average molecular weight is 375 g/mol. The van der Waals surface area contributed by atoms with Crippen molar-refractivity contribution < 1.29 is 4.79 Å². The van der Waals surface area contributed by atoms with Gasteiger partial charge in [-0.05, 0) is 25.0 Å². The molecule has 8 heteroatoms. The standard InChI is InChI=1S/C20H21N7O/c1-13(2)9-18(28)24-17-10-14(3)25-27(17)20-16-11-23-26(19(16)21-12-22-20)15-7-5-4-6-8-15/h4-8,10-13H,9H2,1-3H3,(H,24,28). The number of rotatable bonds is 5. The predicted molar refractivity (Wildman–Crippen MR) is 107 cm³/mol. The smallest absolute Gasteiger partial charge is 0.225 e. The Kier molecular flexibility index (Phi) is 4.60. The van der Waals surface area contributed by atoms with E-state index in [1.165, 1.54) is 6.33 Å². The molecule has 0 unspecified atom stereocenters. The number of carbonyl (C=O) groups excluding carboxylic acids is 1. The number of para-hydroxylation sites is 1. The van der Waals surface area contributed by atoms with Crippen LogP contribution < -0.4 is 5.32 Å². The van der Waals surface area contributed by atoms with Crippen LogP contribution in [0.15, 0.2) is 48.9 Å². The summed E-state index contributed by atoms with van der Waals surface area (Å²) in [6, 6.07) is 11.6. The van der Waals surface area contributed by atoms with Crippen LogP contribution in [0.2, 0.25) is 0 Å². The minimum absolute atomic E-state index is 0.0542. The van der Waals surface area contributed by atoms with Gasteiger partial charge in [0, 0.05) is 12.5 Å². The van der Waals surface area contributed by atoms with E-state index in [0.717, 1.165) is 16.8 Å². The minimum atomic E-state index is -0.0542. The van der Waals surface area contributed by atoms with Crippen LogP contribution in [0.25, 0.3) is 22.5 Å². The lowest BCUT2D eigenvalue weighted by Crippen LogP contribution is -2.17. The van der Waals surface area contributed by atoms with Crippen molar-refractivity contribution in [3.05, 3.63) is 54.6 Å². The molecule has 0 bridgehead atoms. The summed E-state index contributed by atoms with van der Waals surface area (Å²) in [7, 11) is 0. The maximum Gasteiger partial charge on any atom is 0.225 e. The summed E-state index contributed by atoms with van der Waals surface area (Å²) in [6.45, 7) is 5.89. The van der Waals surface area contributed by atoms with E-state index in [1.54, 1.807) is 15.6 Å². The number of anilines is 1. The van der Waals surface area contributed by atoms with Crippen molar-refractivity contribution >= 4 is 22.8 Å². The highest BCUT2D eigenvalue weighted by molar-refractivity contribution is 5.91. The number of aryl methyl sites for hydroxylation is 1. The molecule has 0 aliphatic heterocycles. The molecule has 0 atom stereocenters. The molecule has 0 fully saturated rings. The van der Waals surface area contributed by atoms with Crippen molar-refractivity contribution in [2.45, 2.75) is 27.2 Å². The Bertz CT molecular complexity index is 1130. The topological polar surface area (TPSA) is 90.5 Å². The number of aromatic nitrogens is 6. The van der Waals surface area contributed by atoms with Crippen molar-refractivity contribution in [3.63, 3.8) is 0 Å². The first-order chi connectivity index (χ1) is 13.5. The zero-order valence-electron chi connectivity index (χ0n) is 16.0. The molecule has 0 saturated carbocycles. The van der Waals surface area contributed by atoms with Crippen LogP contribution in [0, 0.1) is 12.8 Å². The number of benzene rings is 1. The van der Waals surface area contributed by atoms with Gasteiger partial charge < -0.3 is 5.32 Å². The first-order valence-corrected chi connectivity index (χ1v) is 9.14. The van der Waals surface area contributed by atoms with E-state index >= 15 is 0 Å². The van der Waals surface area contributed by atoms with Crippen LogP contribution in [-0.2, 0) is 4.79 Å². The predicted octanol–water partition coefficient (Wildman–Crippen LogP) is 3.29. The number of hydrogen-bond donors (Lipinski definition) is 1. The zero-order chi connectivity index (χ0) is 19.7. The molecule has 0 spiro atoms. The molecule has 0 radical (unpaired) electrons. The third-order valence-corrected chi connectivity index (χ3v) is 4.24. The second-order valence-electron chi connectivity index (χ2n) is 7.06. The summed E-state index contributed by atoms with van der Waals surface area (Å²) in [5.41, 5.74) is 2.36. The first kappa shape index (κ1) is 17.8. The molecule has 142 valence electrons. The maximum atomic E-state index is 12.3. The molecular weight excluding hydrogens is 354 g/mol. The van der Waals surface area contributed by atoms with E-state index in [4.69, 9.17) is 0 Å². The lowest BCUT2D eigenvalue weighted by atomic mass is 10.1. The van der Waals surface area contributed by atoms with Crippen molar-refractivity contribution in [1.82, 2.24) is 29.5 Å². The molecule has 1 N–H and O–H groups in total. The number of fused-ring (bicyclic) bond motifs is 1. The number of nitrogens with zero attached hydrogens (tertiary/aromatic N) is 6. The van der Waals surface area contributed by atoms with E-state index in [0.29, 0.717) is 23.7 Å². The SMILES string of the molecule is Cc1cc(NC(=O)CC(C)C)n(-c2ncnc3c2cnn3-c2ccccc2)n1. The number of hydrogen-bond acceptors (Lipinski definition) is 5. The van der Waals surface area contributed by atoms with Gasteiger partial charge in [0.05, 0.1) is 23.0 Å². The molecule has 3 heterocycles. The third kappa shape index (κ3) is 3.36. The largest absolute Gasteiger partial charge is 0.311 e. The van der Waals surface area contributed by atoms with E-state index in [1.807, 2.05) is 57.2 Å². The summed E-state index contributed by atoms with van der Waals surface area (Å²) >= 11 is 0. The quantitative estimate of drug-likeness (QED) is 0.578. The fraction of sp³-hybridized carbons (Fsp3) is 0.250. The van der Waals surface area contributed by atoms with Gasteiger partial charge in [-0.3, -0.25) is 4.79 Å². The van der Waals surface area contributed by atoms with E-state index in [9.17, 15) is 4.79 Å². The Labute approximate surface area is 162 Å². The Balaban J connectivity index is 1.79. The second-order valence-corrected chi connectivity index (χ2v) is 7.06. The molecule has 8 nitrogen and oxygen atoms in total. The zero-order valence-corrected chi connectivity index (χ0v) is 16.0. The molecular formula is C20H21N7O. The van der Waals surface area contributed by atoms with Crippen LogP contribution in [-0.4, -0.2) is 35.4 Å². The van der Waals surface area contributed by atoms with E-state index in [-0.39, 0.29) is 11.8 Å². The molecule has 1 aromatic carbocycles. The molecule has 4 aromatic rings. The fourth-order valence-electron chi connectivity index (χ4n) is 3.07. The second kappa shape index (κ2) is 7.22. The molecule has 0 aliphatic rings. The molecule has 28 heavy (non-hydrogen) atoms. The van der Waals surface area contributed by atoms with Gasteiger partial charge in [-0.1, -0.05) is 32.0 Å². The average Bonchev–Trinajstić information content (AvgIpc) is 3.25. The highest BCUT2D eigenvalue weighted by atomic mass is 16.1. The number of carbonyl (C=O) groups is 1. The molecule has 0 aliphatic carbocycles. The van der Waals surface area contributed by atoms with Gasteiger partial charge in [-0.15, -0.1) is 0 Å². The monoisotopic (exact) mass is 375 g/mol. The Morgan fingerprint density at radius 2 is 1.93 bits per heavy atom. The Morgan fingerprint density at radius 3 is 2.68 bits per heavy atom. The van der Waals surface area contributed by atoms with Crippen molar-refractivity contribution in [1.29, 1.82) is 0 Å². The summed E-state index contributed by atoms with van der Waals surface area (Å²) in [4.78, 5) is 21.1. The summed E-state index contributed by atoms with van der Waals surface area (Å²) < 4.78 is 3.39. The number of amides is 1. The van der Waals surface area contributed by atoms with Crippen molar-refractivity contribution in [2.75, 3.05) is 5.32 Å². The normalized spacial score (nSPS) is 11.3. The van der Waals surface area contributed by atoms with Crippen LogP contribution in [0.5, 0.6) is 0 Å². The highest BCUT2D eigenvalue weighted by Crippen LogP contribution is 2.24. The van der Waals surface area contributed by atoms with Gasteiger partial charge in [0.2, 0.25) is 5.91 Å². The van der Waals surface area contributed by atoms with E-state index < -0.39 is 0 Å². The Hall–Kier alpha value is -3.55. The lowest BCUT2D eigenvalue weighted by molar-refractivity contribution is -0.116. The van der Waals surface area contributed by atoms with Crippen molar-refractivity contribution in [3.8, 4) is 11.5 Å². The molecule has 4 rings (SSSR count). The summed E-state index contributed by atoms with van der Waals surface area (Å²) in [5.74, 6) is 1.37. The molecule has 1 amide bonds. The van der Waals surface area contributed by atoms with Crippen molar-refractivity contribution in [2.24, 2.45) is 5.92 Å². The first-order valence-electron chi connectivity index (χ1n) is 9.14. The lowest BCUT2D eigenvalue weighted by Gasteiger charge is -2.10. The number of nitrogens with one attached hydrogen (secondary N) is 1. The summed E-state index contributed by atoms with van der Waals surface area (Å²) in [6.07, 6.45) is 3.64. The fourth-order valence-corrected chi connectivity index (χ4v) is 3.07. The highest BCUT2D eigenvalue weighted by Gasteiger charge is 2.17. The van der Waals surface area contributed by atoms with E-state index in [2.05, 4.69) is 25.5 Å². The van der Waals surface area contributed by atoms with Gasteiger partial charge in [0.15, 0.2) is 11.5 Å². The van der Waals surface area contributed by atoms with Gasteiger partial charge >= 0.3 is 0 Å². The molecule has 3 aromatic heterocycles. The maximum absolute atomic E-state index is 12.3. The summed E-state index contributed by atoms with van der Waals surface area (Å²) in [5, 5.41) is 12.7. The van der Waals surface area contributed by atoms with Gasteiger partial charge in [-0.2, -0.15) is 14.9 Å². The molecule has 0 saturated heterocycles.